The van der Waals surface area contributed by atoms with Gasteiger partial charge in [-0.25, -0.2) is 0 Å². The average Bonchev–Trinajstić information content (AvgIpc) is 1.85. The molecule has 0 aromatic carbocycles. The van der Waals surface area contributed by atoms with Gasteiger partial charge in [0.15, 0.2) is 0 Å². The maximum Gasteiger partial charge on any atom is 0.319 e. The van der Waals surface area contributed by atoms with Crippen LogP contribution in [0.4, 0.5) is 0 Å². The van der Waals surface area contributed by atoms with E-state index in [0.717, 1.165) is 0 Å². The molecule has 0 aromatic heterocycles. The number of hydrogen-bond acceptors (Lipinski definition) is 3. The van der Waals surface area contributed by atoms with Gasteiger partial charge in [-0.3, -0.25) is 9.59 Å². The van der Waals surface area contributed by atoms with Gasteiger partial charge in [-0.05, 0) is 0 Å². The number of carbonyl (C=O) groups excluding carboxylic acids is 2. The van der Waals surface area contributed by atoms with E-state index in [2.05, 4.69) is 20.7 Å². The predicted octanol–water partition coefficient (Wildman–Crippen LogP) is -0.202. The van der Waals surface area contributed by atoms with Crippen LogP contribution in [0.25, 0.3) is 0 Å². The molecule has 1 atom stereocenters. The number of nitrogens with two attached hydrogens (primary N) is 1. The molecule has 10 heavy (non-hydrogen) atoms. The van der Waals surface area contributed by atoms with Crippen molar-refractivity contribution in [2.45, 2.75) is 11.2 Å². The van der Waals surface area contributed by atoms with Gasteiger partial charge in [0.05, 0.1) is 7.11 Å². The summed E-state index contributed by atoms with van der Waals surface area (Å²) in [4.78, 5) is 20.2. The minimum absolute atomic E-state index is 0.0350. The van der Waals surface area contributed by atoms with Crippen LogP contribution in [0.15, 0.2) is 0 Å². The summed E-state index contributed by atoms with van der Waals surface area (Å²) in [6.07, 6.45) is -0.0350. The van der Waals surface area contributed by atoms with Crippen molar-refractivity contribution in [2.75, 3.05) is 7.11 Å². The first-order chi connectivity index (χ1) is 4.57. The minimum Gasteiger partial charge on any atom is -0.468 e. The van der Waals surface area contributed by atoms with Gasteiger partial charge in [-0.15, -0.1) is 0 Å². The van der Waals surface area contributed by atoms with Crippen LogP contribution in [0.3, 0.4) is 0 Å². The largest absolute Gasteiger partial charge is 0.468 e. The van der Waals surface area contributed by atoms with Crippen molar-refractivity contribution >= 4 is 27.8 Å². The number of rotatable bonds is 3. The molecule has 0 fully saturated rings. The number of primary amides is 1. The summed E-state index contributed by atoms with van der Waals surface area (Å²) >= 11 is 2.93. The minimum atomic E-state index is -0.616. The van der Waals surface area contributed by atoms with E-state index in [1.54, 1.807) is 0 Å². The number of ether oxygens (including phenoxy) is 1. The molecular weight excluding hydrogens is 202 g/mol. The van der Waals surface area contributed by atoms with Crippen LogP contribution in [0, 0.1) is 0 Å². The van der Waals surface area contributed by atoms with Crippen LogP contribution in [-0.2, 0) is 14.3 Å². The van der Waals surface area contributed by atoms with E-state index in [-0.39, 0.29) is 6.42 Å². The normalized spacial score (nSPS) is 12.2. The number of alkyl halides is 1. The van der Waals surface area contributed by atoms with E-state index in [4.69, 9.17) is 5.73 Å². The molecular formula is C5H8BrNO3. The van der Waals surface area contributed by atoms with Crippen LogP contribution in [0.2, 0.25) is 0 Å². The fraction of sp³-hybridized carbons (Fsp3) is 0.600. The SMILES string of the molecule is COC(=O)[C@H](Br)CC(N)=O. The number of hydrogen-bond donors (Lipinski definition) is 1. The predicted molar refractivity (Wildman–Crippen MR) is 38.5 cm³/mol. The summed E-state index contributed by atoms with van der Waals surface area (Å²) < 4.78 is 4.32. The van der Waals surface area contributed by atoms with Gasteiger partial charge < -0.3 is 10.5 Å². The molecule has 0 saturated heterocycles. The lowest BCUT2D eigenvalue weighted by Gasteiger charge is -2.02. The van der Waals surface area contributed by atoms with Crippen molar-refractivity contribution in [3.8, 4) is 0 Å². The van der Waals surface area contributed by atoms with Crippen LogP contribution < -0.4 is 5.73 Å². The van der Waals surface area contributed by atoms with Gasteiger partial charge in [0.2, 0.25) is 5.91 Å². The summed E-state index contributed by atoms with van der Waals surface area (Å²) in [5.41, 5.74) is 4.81. The van der Waals surface area contributed by atoms with E-state index >= 15 is 0 Å². The van der Waals surface area contributed by atoms with Gasteiger partial charge in [-0.1, -0.05) is 15.9 Å². The van der Waals surface area contributed by atoms with Crippen molar-refractivity contribution < 1.29 is 14.3 Å². The lowest BCUT2D eigenvalue weighted by Crippen LogP contribution is -2.23. The summed E-state index contributed by atoms with van der Waals surface area (Å²) in [7, 11) is 1.25. The Kier molecular flexibility index (Phi) is 4.02. The van der Waals surface area contributed by atoms with Crippen molar-refractivity contribution in [2.24, 2.45) is 5.73 Å². The van der Waals surface area contributed by atoms with Gasteiger partial charge in [0, 0.05) is 6.42 Å². The van der Waals surface area contributed by atoms with Crippen molar-refractivity contribution in [3.63, 3.8) is 0 Å². The number of methoxy groups -OCH3 is 1. The topological polar surface area (TPSA) is 69.4 Å². The first kappa shape index (κ1) is 9.42. The van der Waals surface area contributed by atoms with E-state index < -0.39 is 16.7 Å². The highest BCUT2D eigenvalue weighted by Gasteiger charge is 2.16. The first-order valence-corrected chi connectivity index (χ1v) is 3.49. The maximum atomic E-state index is 10.6. The Morgan fingerprint density at radius 2 is 2.20 bits per heavy atom. The Morgan fingerprint density at radius 3 is 2.50 bits per heavy atom. The Morgan fingerprint density at radius 1 is 1.70 bits per heavy atom. The monoisotopic (exact) mass is 209 g/mol. The summed E-state index contributed by atoms with van der Waals surface area (Å²) in [6.45, 7) is 0. The van der Waals surface area contributed by atoms with Crippen molar-refractivity contribution in [1.82, 2.24) is 0 Å². The van der Waals surface area contributed by atoms with Gasteiger partial charge >= 0.3 is 5.97 Å². The lowest BCUT2D eigenvalue weighted by atomic mass is 10.3. The fourth-order valence-corrected chi connectivity index (χ4v) is 0.894. The lowest BCUT2D eigenvalue weighted by molar-refractivity contribution is -0.141. The molecule has 0 aromatic rings. The Bertz CT molecular complexity index is 148. The van der Waals surface area contributed by atoms with Gasteiger partial charge in [0.25, 0.3) is 0 Å². The van der Waals surface area contributed by atoms with Crippen LogP contribution >= 0.6 is 15.9 Å². The van der Waals surface area contributed by atoms with E-state index in [1.165, 1.54) is 7.11 Å². The molecule has 2 N–H and O–H groups in total. The average molecular weight is 210 g/mol. The number of amides is 1. The van der Waals surface area contributed by atoms with E-state index in [0.29, 0.717) is 0 Å². The third kappa shape index (κ3) is 3.45. The second-order valence-corrected chi connectivity index (χ2v) is 2.77. The molecule has 0 spiro atoms. The van der Waals surface area contributed by atoms with E-state index in [1.807, 2.05) is 0 Å². The molecule has 58 valence electrons. The third-order valence-electron chi connectivity index (χ3n) is 0.837. The molecule has 0 aliphatic carbocycles. The zero-order chi connectivity index (χ0) is 8.15. The van der Waals surface area contributed by atoms with Crippen LogP contribution in [-0.4, -0.2) is 23.8 Å². The van der Waals surface area contributed by atoms with Crippen LogP contribution in [0.1, 0.15) is 6.42 Å². The maximum absolute atomic E-state index is 10.6. The smallest absolute Gasteiger partial charge is 0.319 e. The zero-order valence-electron chi connectivity index (χ0n) is 5.46. The summed E-state index contributed by atoms with van der Waals surface area (Å²) in [6, 6.07) is 0. The Hall–Kier alpha value is -0.580. The second kappa shape index (κ2) is 4.27. The molecule has 0 bridgehead atoms. The third-order valence-corrected chi connectivity index (χ3v) is 1.53. The van der Waals surface area contributed by atoms with Crippen molar-refractivity contribution in [3.05, 3.63) is 0 Å². The molecule has 0 unspecified atom stereocenters. The Balaban J connectivity index is 3.72. The molecule has 0 radical (unpaired) electrons. The highest BCUT2D eigenvalue weighted by Crippen LogP contribution is 2.05. The second-order valence-electron chi connectivity index (χ2n) is 1.66. The molecule has 1 amide bonds. The molecule has 0 heterocycles. The highest BCUT2D eigenvalue weighted by molar-refractivity contribution is 9.10. The fourth-order valence-electron chi connectivity index (χ4n) is 0.388. The first-order valence-electron chi connectivity index (χ1n) is 2.58. The molecule has 4 nitrogen and oxygen atoms in total. The molecule has 0 aliphatic rings. The number of carbonyl (C=O) groups is 2. The quantitative estimate of drug-likeness (QED) is 0.517. The Labute approximate surface area is 66.8 Å². The zero-order valence-corrected chi connectivity index (χ0v) is 7.05. The number of halogens is 1. The summed E-state index contributed by atoms with van der Waals surface area (Å²) in [5, 5.41) is 0. The number of esters is 1. The van der Waals surface area contributed by atoms with Gasteiger partial charge in [0.1, 0.15) is 4.83 Å². The van der Waals surface area contributed by atoms with Gasteiger partial charge in [-0.2, -0.15) is 0 Å². The van der Waals surface area contributed by atoms with Crippen LogP contribution in [0.5, 0.6) is 0 Å². The van der Waals surface area contributed by atoms with E-state index in [9.17, 15) is 9.59 Å². The highest BCUT2D eigenvalue weighted by atomic mass is 79.9. The molecule has 0 saturated carbocycles. The molecule has 0 aliphatic heterocycles. The van der Waals surface area contributed by atoms with Crippen molar-refractivity contribution in [1.29, 1.82) is 0 Å². The molecule has 5 heteroatoms. The standard InChI is InChI=1S/C5H8BrNO3/c1-10-5(9)3(6)2-4(7)8/h3H,2H2,1H3,(H2,7,8)/t3-/m1/s1. The molecule has 0 rings (SSSR count). The summed E-state index contributed by atoms with van der Waals surface area (Å²) in [5.74, 6) is -1.02.